The van der Waals surface area contributed by atoms with Gasteiger partial charge < -0.3 is 9.84 Å². The van der Waals surface area contributed by atoms with Crippen molar-refractivity contribution in [2.75, 3.05) is 5.32 Å². The van der Waals surface area contributed by atoms with E-state index in [2.05, 4.69) is 15.5 Å². The van der Waals surface area contributed by atoms with E-state index in [0.29, 0.717) is 10.6 Å². The molecule has 2 aromatic carbocycles. The number of halogens is 4. The highest BCUT2D eigenvalue weighted by atomic mass is 35.5. The first-order chi connectivity index (χ1) is 15.2. The van der Waals surface area contributed by atoms with Crippen LogP contribution in [0.2, 0.25) is 5.02 Å². The maximum Gasteiger partial charge on any atom is 0.416 e. The van der Waals surface area contributed by atoms with Gasteiger partial charge in [0.05, 0.1) is 10.6 Å². The van der Waals surface area contributed by atoms with Crippen LogP contribution in [0.25, 0.3) is 22.4 Å². The van der Waals surface area contributed by atoms with Gasteiger partial charge in [0.25, 0.3) is 11.3 Å². The molecule has 1 N–H and O–H groups in total. The molecular formula is C21H14ClF3N4O3. The lowest BCUT2D eigenvalue weighted by Gasteiger charge is -2.10. The van der Waals surface area contributed by atoms with Crippen molar-refractivity contribution in [1.29, 1.82) is 0 Å². The SMILES string of the molecule is O=C(CCn1cnc2onc(-c3ccccc3Cl)c2c1=O)Nc1cccc(C(F)(F)F)c1. The Kier molecular flexibility index (Phi) is 5.70. The summed E-state index contributed by atoms with van der Waals surface area (Å²) < 4.78 is 44.8. The lowest BCUT2D eigenvalue weighted by Crippen LogP contribution is -2.23. The van der Waals surface area contributed by atoms with Gasteiger partial charge in [-0.15, -0.1) is 0 Å². The van der Waals surface area contributed by atoms with Gasteiger partial charge in [0.1, 0.15) is 17.4 Å². The molecule has 0 radical (unpaired) electrons. The van der Waals surface area contributed by atoms with Crippen LogP contribution in [0.1, 0.15) is 12.0 Å². The Balaban J connectivity index is 1.54. The molecule has 4 aromatic rings. The maximum atomic E-state index is 12.9. The van der Waals surface area contributed by atoms with E-state index in [0.717, 1.165) is 12.1 Å². The highest BCUT2D eigenvalue weighted by Crippen LogP contribution is 2.31. The van der Waals surface area contributed by atoms with Gasteiger partial charge in [-0.1, -0.05) is 41.0 Å². The molecule has 0 atom stereocenters. The van der Waals surface area contributed by atoms with Gasteiger partial charge in [-0.2, -0.15) is 13.2 Å². The van der Waals surface area contributed by atoms with Crippen LogP contribution in [0.5, 0.6) is 0 Å². The van der Waals surface area contributed by atoms with Crippen molar-refractivity contribution in [2.45, 2.75) is 19.1 Å². The first kappa shape index (κ1) is 21.6. The number of fused-ring (bicyclic) bond motifs is 1. The lowest BCUT2D eigenvalue weighted by atomic mass is 10.1. The van der Waals surface area contributed by atoms with Crippen LogP contribution in [-0.2, 0) is 17.5 Å². The number of carbonyl (C=O) groups is 1. The molecule has 32 heavy (non-hydrogen) atoms. The summed E-state index contributed by atoms with van der Waals surface area (Å²) in [6, 6.07) is 11.1. The molecule has 164 valence electrons. The van der Waals surface area contributed by atoms with Gasteiger partial charge in [-0.3, -0.25) is 14.2 Å². The summed E-state index contributed by atoms with van der Waals surface area (Å²) in [6.07, 6.45) is -3.48. The third kappa shape index (κ3) is 4.35. The Labute approximate surface area is 183 Å². The maximum absolute atomic E-state index is 12.9. The molecule has 2 heterocycles. The molecular weight excluding hydrogens is 449 g/mol. The fourth-order valence-electron chi connectivity index (χ4n) is 3.10. The Bertz CT molecular complexity index is 1360. The Morgan fingerprint density at radius 2 is 1.94 bits per heavy atom. The van der Waals surface area contributed by atoms with Crippen molar-refractivity contribution < 1.29 is 22.5 Å². The van der Waals surface area contributed by atoms with Gasteiger partial charge in [0.15, 0.2) is 0 Å². The number of alkyl halides is 3. The number of benzene rings is 2. The van der Waals surface area contributed by atoms with Crippen molar-refractivity contribution in [3.05, 3.63) is 75.8 Å². The van der Waals surface area contributed by atoms with Crippen molar-refractivity contribution in [3.8, 4) is 11.3 Å². The fraction of sp³-hybridized carbons (Fsp3) is 0.143. The zero-order valence-corrected chi connectivity index (χ0v) is 16.9. The molecule has 0 fully saturated rings. The van der Waals surface area contributed by atoms with Crippen molar-refractivity contribution >= 4 is 34.3 Å². The Morgan fingerprint density at radius 1 is 1.16 bits per heavy atom. The summed E-state index contributed by atoms with van der Waals surface area (Å²) in [7, 11) is 0. The van der Waals surface area contributed by atoms with Crippen LogP contribution < -0.4 is 10.9 Å². The predicted octanol–water partition coefficient (Wildman–Crippen LogP) is 4.75. The molecule has 0 aliphatic heterocycles. The van der Waals surface area contributed by atoms with Crippen LogP contribution in [0.3, 0.4) is 0 Å². The van der Waals surface area contributed by atoms with Gasteiger partial charge >= 0.3 is 6.18 Å². The smallest absolute Gasteiger partial charge is 0.335 e. The Hall–Kier alpha value is -3.66. The van der Waals surface area contributed by atoms with Crippen LogP contribution >= 0.6 is 11.6 Å². The minimum absolute atomic E-state index is 0.00536. The molecule has 0 spiro atoms. The van der Waals surface area contributed by atoms with E-state index < -0.39 is 23.2 Å². The van der Waals surface area contributed by atoms with E-state index in [1.807, 2.05) is 0 Å². The van der Waals surface area contributed by atoms with Crippen molar-refractivity contribution in [1.82, 2.24) is 14.7 Å². The minimum Gasteiger partial charge on any atom is -0.335 e. The number of nitrogens with one attached hydrogen (secondary N) is 1. The van der Waals surface area contributed by atoms with Crippen LogP contribution in [-0.4, -0.2) is 20.6 Å². The number of rotatable bonds is 5. The van der Waals surface area contributed by atoms with Gasteiger partial charge in [0, 0.05) is 24.2 Å². The second kappa shape index (κ2) is 8.46. The monoisotopic (exact) mass is 462 g/mol. The minimum atomic E-state index is -4.52. The first-order valence-corrected chi connectivity index (χ1v) is 9.68. The zero-order valence-electron chi connectivity index (χ0n) is 16.2. The number of aryl methyl sites for hydroxylation is 1. The number of aromatic nitrogens is 3. The highest BCUT2D eigenvalue weighted by Gasteiger charge is 2.30. The summed E-state index contributed by atoms with van der Waals surface area (Å²) in [5.41, 5.74) is -0.614. The molecule has 7 nitrogen and oxygen atoms in total. The molecule has 0 saturated carbocycles. The number of anilines is 1. The predicted molar refractivity (Wildman–Crippen MR) is 111 cm³/mol. The molecule has 0 unspecified atom stereocenters. The van der Waals surface area contributed by atoms with E-state index in [1.165, 1.54) is 23.0 Å². The number of nitrogens with zero attached hydrogens (tertiary/aromatic N) is 3. The molecule has 0 aliphatic carbocycles. The number of amides is 1. The van der Waals surface area contributed by atoms with Crippen LogP contribution in [0.4, 0.5) is 18.9 Å². The third-order valence-electron chi connectivity index (χ3n) is 4.65. The summed E-state index contributed by atoms with van der Waals surface area (Å²) in [5.74, 6) is -0.562. The van der Waals surface area contributed by atoms with Crippen LogP contribution in [0, 0.1) is 0 Å². The van der Waals surface area contributed by atoms with E-state index in [-0.39, 0.29) is 35.4 Å². The topological polar surface area (TPSA) is 90.0 Å². The van der Waals surface area contributed by atoms with E-state index >= 15 is 0 Å². The van der Waals surface area contributed by atoms with E-state index in [4.69, 9.17) is 16.1 Å². The van der Waals surface area contributed by atoms with Gasteiger partial charge in [-0.05, 0) is 24.3 Å². The van der Waals surface area contributed by atoms with Crippen molar-refractivity contribution in [3.63, 3.8) is 0 Å². The molecule has 1 amide bonds. The molecule has 0 aliphatic rings. The van der Waals surface area contributed by atoms with Crippen molar-refractivity contribution in [2.24, 2.45) is 0 Å². The molecule has 0 saturated heterocycles. The van der Waals surface area contributed by atoms with E-state index in [1.54, 1.807) is 24.3 Å². The summed E-state index contributed by atoms with van der Waals surface area (Å²) >= 11 is 6.19. The molecule has 11 heteroatoms. The highest BCUT2D eigenvalue weighted by molar-refractivity contribution is 6.33. The second-order valence-corrected chi connectivity index (χ2v) is 7.22. The fourth-order valence-corrected chi connectivity index (χ4v) is 3.32. The lowest BCUT2D eigenvalue weighted by molar-refractivity contribution is -0.137. The quantitative estimate of drug-likeness (QED) is 0.462. The van der Waals surface area contributed by atoms with E-state index in [9.17, 15) is 22.8 Å². The molecule has 0 bridgehead atoms. The van der Waals surface area contributed by atoms with Crippen LogP contribution in [0.15, 0.2) is 64.2 Å². The van der Waals surface area contributed by atoms with Gasteiger partial charge in [-0.25, -0.2) is 4.98 Å². The number of hydrogen-bond donors (Lipinski definition) is 1. The molecule has 4 rings (SSSR count). The normalized spacial score (nSPS) is 11.6. The summed E-state index contributed by atoms with van der Waals surface area (Å²) in [5, 5.41) is 6.78. The van der Waals surface area contributed by atoms with Gasteiger partial charge in [0.2, 0.25) is 5.91 Å². The summed E-state index contributed by atoms with van der Waals surface area (Å²) in [4.78, 5) is 29.2. The number of carbonyl (C=O) groups excluding carboxylic acids is 1. The Morgan fingerprint density at radius 3 is 2.69 bits per heavy atom. The average Bonchev–Trinajstić information content (AvgIpc) is 3.18. The second-order valence-electron chi connectivity index (χ2n) is 6.81. The first-order valence-electron chi connectivity index (χ1n) is 9.31. The third-order valence-corrected chi connectivity index (χ3v) is 4.98. The number of hydrogen-bond acceptors (Lipinski definition) is 5. The summed E-state index contributed by atoms with van der Waals surface area (Å²) in [6.45, 7) is -0.0558. The zero-order chi connectivity index (χ0) is 22.9. The largest absolute Gasteiger partial charge is 0.416 e. The average molecular weight is 463 g/mol. The standard InChI is InChI=1S/C21H14ClF3N4O3/c22-15-7-2-1-6-14(15)18-17-19(32-28-18)26-11-29(20(17)31)9-8-16(30)27-13-5-3-4-12(10-13)21(23,24)25/h1-7,10-11H,8-9H2,(H,27,30). The molecule has 2 aromatic heterocycles.